The Morgan fingerprint density at radius 2 is 0.488 bits per heavy atom. The van der Waals surface area contributed by atoms with Gasteiger partial charge in [0, 0.05) is 22.3 Å². The molecule has 0 aromatic heterocycles. The fourth-order valence-electron chi connectivity index (χ4n) is 4.13. The second-order valence-electron chi connectivity index (χ2n) is 8.84. The second-order valence-corrected chi connectivity index (χ2v) is 8.84. The summed E-state index contributed by atoms with van der Waals surface area (Å²) in [4.78, 5) is 0. The first kappa shape index (κ1) is 32.2. The molecule has 2 nitrogen and oxygen atoms in total. The summed E-state index contributed by atoms with van der Waals surface area (Å²) in [6, 6.07) is 38.1. The largest absolute Gasteiger partial charge is 2.00 e. The Balaban J connectivity index is 0.000000352. The number of benzene rings is 4. The predicted molar refractivity (Wildman–Crippen MR) is 168 cm³/mol. The van der Waals surface area contributed by atoms with E-state index in [4.69, 9.17) is 0 Å². The van der Waals surface area contributed by atoms with Gasteiger partial charge in [-0.05, 0) is 75.3 Å². The fourth-order valence-corrected chi connectivity index (χ4v) is 4.13. The summed E-state index contributed by atoms with van der Waals surface area (Å²) >= 11 is 0. The second kappa shape index (κ2) is 18.2. The summed E-state index contributed by atoms with van der Waals surface area (Å²) in [5.74, 6) is 0.228. The van der Waals surface area contributed by atoms with Crippen molar-refractivity contribution in [2.24, 2.45) is 0 Å². The zero-order chi connectivity index (χ0) is 27.8. The number of hydrogen-bond donors (Lipinski definition) is 2. The summed E-state index contributed by atoms with van der Waals surface area (Å²) < 4.78 is 0. The van der Waals surface area contributed by atoms with E-state index >= 15 is 0 Å². The van der Waals surface area contributed by atoms with Crippen molar-refractivity contribution in [2.45, 2.75) is 0 Å². The Kier molecular flexibility index (Phi) is 14.3. The van der Waals surface area contributed by atoms with Gasteiger partial charge in [-0.1, -0.05) is 121 Å². The van der Waals surface area contributed by atoms with E-state index in [2.05, 4.69) is 0 Å². The van der Waals surface area contributed by atoms with Gasteiger partial charge in [0.1, 0.15) is 11.5 Å². The van der Waals surface area contributed by atoms with Crippen LogP contribution in [0.2, 0.25) is 0 Å². The van der Waals surface area contributed by atoms with E-state index in [1.54, 1.807) is 0 Å². The van der Waals surface area contributed by atoms with Crippen molar-refractivity contribution in [3.8, 4) is 0 Å². The molecule has 10 radical (unpaired) electrons. The van der Waals surface area contributed by atoms with Crippen molar-refractivity contribution in [1.29, 1.82) is 0 Å². The van der Waals surface area contributed by atoms with Crippen LogP contribution in [0.4, 0.5) is 0 Å². The van der Waals surface area contributed by atoms with Gasteiger partial charge in [-0.25, -0.2) is 0 Å². The SMILES string of the molecule is O/C(=C(\C(=C(/O)c1ccccc1)c1ccccc1)c1ccccc1)c1ccccc1.[CH]1[CH][CH][CH][CH]1.[CH]1[CH][CH][CH][CH]1.[Ti+2]. The van der Waals surface area contributed by atoms with Crippen LogP contribution in [0.5, 0.6) is 0 Å². The molecular weight excluding hydrogens is 536 g/mol. The van der Waals surface area contributed by atoms with Gasteiger partial charge in [0.2, 0.25) is 0 Å². The van der Waals surface area contributed by atoms with E-state index in [1.165, 1.54) is 0 Å². The average Bonchev–Trinajstić information content (AvgIpc) is 3.81. The van der Waals surface area contributed by atoms with Crippen LogP contribution in [0.1, 0.15) is 22.3 Å². The van der Waals surface area contributed by atoms with Gasteiger partial charge < -0.3 is 10.2 Å². The number of hydrogen-bond acceptors (Lipinski definition) is 2. The van der Waals surface area contributed by atoms with E-state index in [-0.39, 0.29) is 33.2 Å². The Bertz CT molecular complexity index is 1200. The molecule has 4 aromatic carbocycles. The van der Waals surface area contributed by atoms with Gasteiger partial charge in [0.05, 0.1) is 0 Å². The molecule has 0 heterocycles. The van der Waals surface area contributed by atoms with Crippen LogP contribution in [0.15, 0.2) is 121 Å². The van der Waals surface area contributed by atoms with Gasteiger partial charge in [0.15, 0.2) is 0 Å². The van der Waals surface area contributed by atoms with Gasteiger partial charge in [-0.3, -0.25) is 0 Å². The third-order valence-electron chi connectivity index (χ3n) is 6.05. The summed E-state index contributed by atoms with van der Waals surface area (Å²) in [6.07, 6.45) is 20.0. The molecule has 0 unspecified atom stereocenters. The van der Waals surface area contributed by atoms with Crippen LogP contribution in [-0.4, -0.2) is 10.2 Å². The van der Waals surface area contributed by atoms with Crippen LogP contribution in [0.3, 0.4) is 0 Å². The minimum absolute atomic E-state index is 0. The number of aliphatic hydroxyl groups is 2. The molecular formula is C38H32O2Ti+2. The molecule has 0 amide bonds. The predicted octanol–water partition coefficient (Wildman–Crippen LogP) is 9.28. The van der Waals surface area contributed by atoms with Crippen molar-refractivity contribution in [1.82, 2.24) is 0 Å². The maximum absolute atomic E-state index is 11.4. The molecule has 0 spiro atoms. The van der Waals surface area contributed by atoms with E-state index < -0.39 is 0 Å². The Hall–Kier alpha value is -3.33. The van der Waals surface area contributed by atoms with Gasteiger partial charge in [-0.2, -0.15) is 0 Å². The molecule has 2 saturated carbocycles. The standard InChI is InChI=1S/C28H22O2.2C5H5.Ti/c29-27(23-17-9-3-10-18-23)25(21-13-5-1-6-14-21)26(22-15-7-2-8-16-22)28(30)24-19-11-4-12-20-24;2*1-2-4-5-3-1;/h1-20,29-30H;2*1-5H;/q;;;+2/b27-25-,28-26-;;;. The molecule has 0 saturated heterocycles. The summed E-state index contributed by atoms with van der Waals surface area (Å²) in [5.41, 5.74) is 4.17. The Labute approximate surface area is 261 Å². The monoisotopic (exact) mass is 568 g/mol. The minimum atomic E-state index is 0. The van der Waals surface area contributed by atoms with Gasteiger partial charge in [0.25, 0.3) is 0 Å². The normalized spacial score (nSPS) is 15.1. The molecule has 0 bridgehead atoms. The van der Waals surface area contributed by atoms with Crippen molar-refractivity contribution >= 4 is 22.7 Å². The number of rotatable bonds is 5. The topological polar surface area (TPSA) is 40.5 Å². The quantitative estimate of drug-likeness (QED) is 0.109. The van der Waals surface area contributed by atoms with Crippen molar-refractivity contribution in [2.75, 3.05) is 0 Å². The first-order valence-corrected chi connectivity index (χ1v) is 13.2. The Morgan fingerprint density at radius 1 is 0.293 bits per heavy atom. The van der Waals surface area contributed by atoms with E-state index in [0.29, 0.717) is 22.3 Å². The van der Waals surface area contributed by atoms with Gasteiger partial charge in [-0.15, -0.1) is 0 Å². The van der Waals surface area contributed by atoms with Crippen LogP contribution in [0.25, 0.3) is 22.7 Å². The third kappa shape index (κ3) is 9.92. The van der Waals surface area contributed by atoms with E-state index in [0.717, 1.165) is 11.1 Å². The molecule has 2 fully saturated rings. The summed E-state index contributed by atoms with van der Waals surface area (Å²) in [6.45, 7) is 0. The summed E-state index contributed by atoms with van der Waals surface area (Å²) in [5, 5.41) is 22.8. The van der Waals surface area contributed by atoms with Gasteiger partial charge >= 0.3 is 21.7 Å². The van der Waals surface area contributed by atoms with Crippen LogP contribution >= 0.6 is 0 Å². The number of allylic oxidation sites excluding steroid dienone is 2. The maximum Gasteiger partial charge on any atom is 2.00 e. The first-order chi connectivity index (χ1) is 19.8. The molecule has 2 N–H and O–H groups in total. The molecule has 41 heavy (non-hydrogen) atoms. The molecule has 198 valence electrons. The molecule has 0 aliphatic heterocycles. The van der Waals surface area contributed by atoms with Crippen LogP contribution in [0, 0.1) is 64.2 Å². The zero-order valence-electron chi connectivity index (χ0n) is 22.7. The maximum atomic E-state index is 11.4. The summed E-state index contributed by atoms with van der Waals surface area (Å²) in [7, 11) is 0. The average molecular weight is 569 g/mol. The fraction of sp³-hybridized carbons (Fsp3) is 0. The molecule has 6 rings (SSSR count). The van der Waals surface area contributed by atoms with E-state index in [9.17, 15) is 10.2 Å². The van der Waals surface area contributed by atoms with Crippen molar-refractivity contribution in [3.05, 3.63) is 208 Å². The molecule has 0 atom stereocenters. The zero-order valence-corrected chi connectivity index (χ0v) is 24.3. The Morgan fingerprint density at radius 3 is 0.707 bits per heavy atom. The molecule has 2 aliphatic rings. The van der Waals surface area contributed by atoms with Crippen molar-refractivity contribution in [3.63, 3.8) is 0 Å². The number of aliphatic hydroxyl groups excluding tert-OH is 2. The minimum Gasteiger partial charge on any atom is -0.507 e. The first-order valence-electron chi connectivity index (χ1n) is 13.2. The smallest absolute Gasteiger partial charge is 0.507 e. The molecule has 4 aromatic rings. The third-order valence-corrected chi connectivity index (χ3v) is 6.05. The van der Waals surface area contributed by atoms with Crippen molar-refractivity contribution < 1.29 is 31.9 Å². The molecule has 2 aliphatic carbocycles. The van der Waals surface area contributed by atoms with E-state index in [1.807, 2.05) is 186 Å². The van der Waals surface area contributed by atoms with Crippen LogP contribution < -0.4 is 0 Å². The molecule has 3 heteroatoms. The van der Waals surface area contributed by atoms with Crippen LogP contribution in [-0.2, 0) is 21.7 Å².